The van der Waals surface area contributed by atoms with Crippen molar-refractivity contribution in [2.45, 2.75) is 19.9 Å². The molecule has 1 aliphatic rings. The summed E-state index contributed by atoms with van der Waals surface area (Å²) in [6, 6.07) is 1.39. The van der Waals surface area contributed by atoms with Crippen LogP contribution in [-0.2, 0) is 9.59 Å². The van der Waals surface area contributed by atoms with E-state index in [1.807, 2.05) is 25.3 Å². The predicted octanol–water partition coefficient (Wildman–Crippen LogP) is 0.439. The van der Waals surface area contributed by atoms with Crippen LogP contribution >= 0.6 is 11.3 Å². The Bertz CT molecular complexity index is 784. The molecule has 0 bridgehead atoms. The molecule has 26 heavy (non-hydrogen) atoms. The van der Waals surface area contributed by atoms with Crippen LogP contribution in [0, 0.1) is 5.92 Å². The summed E-state index contributed by atoms with van der Waals surface area (Å²) >= 11 is 1.62. The number of nitrogens with two attached hydrogens (primary N) is 1. The number of nitrogens with zero attached hydrogens (tertiary/aromatic N) is 4. The maximum atomic E-state index is 12.3. The summed E-state index contributed by atoms with van der Waals surface area (Å²) in [5, 5.41) is 4.64. The van der Waals surface area contributed by atoms with Gasteiger partial charge >= 0.3 is 0 Å². The Morgan fingerprint density at radius 2 is 2.00 bits per heavy atom. The molecule has 3 heterocycles. The lowest BCUT2D eigenvalue weighted by molar-refractivity contribution is -0.133. The second-order valence-electron chi connectivity index (χ2n) is 6.69. The topological polar surface area (TPSA) is 104 Å². The molecule has 2 aromatic rings. The molecule has 0 saturated carbocycles. The van der Waals surface area contributed by atoms with Crippen molar-refractivity contribution < 1.29 is 9.59 Å². The van der Waals surface area contributed by atoms with E-state index >= 15 is 0 Å². The molecule has 0 aliphatic carbocycles. The van der Waals surface area contributed by atoms with Crippen molar-refractivity contribution in [3.8, 4) is 0 Å². The molecule has 3 rings (SSSR count). The summed E-state index contributed by atoms with van der Waals surface area (Å²) in [6.45, 7) is 6.35. The predicted molar refractivity (Wildman–Crippen MR) is 102 cm³/mol. The minimum atomic E-state index is -0.592. The van der Waals surface area contributed by atoms with Gasteiger partial charge in [-0.15, -0.1) is 11.3 Å². The van der Waals surface area contributed by atoms with Gasteiger partial charge in [0.2, 0.25) is 11.8 Å². The highest BCUT2D eigenvalue weighted by Gasteiger charge is 2.24. The van der Waals surface area contributed by atoms with Crippen LogP contribution in [0.2, 0.25) is 0 Å². The fourth-order valence-electron chi connectivity index (χ4n) is 2.86. The van der Waals surface area contributed by atoms with Crippen LogP contribution in [-0.4, -0.2) is 65.4 Å². The summed E-state index contributed by atoms with van der Waals surface area (Å²) in [6.07, 6.45) is 1.58. The Labute approximate surface area is 156 Å². The van der Waals surface area contributed by atoms with E-state index in [2.05, 4.69) is 20.2 Å². The van der Waals surface area contributed by atoms with E-state index in [1.54, 1.807) is 22.6 Å². The lowest BCUT2D eigenvalue weighted by Crippen LogP contribution is -2.53. The smallest absolute Gasteiger partial charge is 0.242 e. The molecule has 3 N–H and O–H groups in total. The normalized spacial score (nSPS) is 16.2. The SMILES string of the molecule is CC(C)[C@H](N)C(=O)NCC(=O)N1CCN(c2ncnc3ccsc23)CC1. The minimum absolute atomic E-state index is 0.0120. The van der Waals surface area contributed by atoms with Crippen LogP contribution in [0.1, 0.15) is 13.8 Å². The van der Waals surface area contributed by atoms with E-state index in [4.69, 9.17) is 5.73 Å². The summed E-state index contributed by atoms with van der Waals surface area (Å²) in [4.78, 5) is 36.8. The number of carbonyl (C=O) groups excluding carboxylic acids is 2. The number of anilines is 1. The first-order valence-electron chi connectivity index (χ1n) is 8.71. The van der Waals surface area contributed by atoms with Gasteiger partial charge in [-0.25, -0.2) is 9.97 Å². The molecular weight excluding hydrogens is 352 g/mol. The van der Waals surface area contributed by atoms with Gasteiger partial charge in [0.15, 0.2) is 0 Å². The summed E-state index contributed by atoms with van der Waals surface area (Å²) in [5.41, 5.74) is 6.74. The first kappa shape index (κ1) is 18.5. The third kappa shape index (κ3) is 3.94. The van der Waals surface area contributed by atoms with Gasteiger partial charge in [0, 0.05) is 26.2 Å². The molecule has 0 radical (unpaired) electrons. The molecule has 140 valence electrons. The van der Waals surface area contributed by atoms with E-state index in [9.17, 15) is 9.59 Å². The van der Waals surface area contributed by atoms with Crippen molar-refractivity contribution in [2.24, 2.45) is 11.7 Å². The zero-order valence-electron chi connectivity index (χ0n) is 15.0. The summed E-state index contributed by atoms with van der Waals surface area (Å²) in [7, 11) is 0. The Kier molecular flexibility index (Phi) is 5.67. The first-order chi connectivity index (χ1) is 12.5. The second kappa shape index (κ2) is 7.96. The standard InChI is InChI=1S/C17H24N6O2S/c1-11(2)14(18)17(25)19-9-13(24)22-4-6-23(7-5-22)16-15-12(3-8-26-15)20-10-21-16/h3,8,10-11,14H,4-7,9,18H2,1-2H3,(H,19,25)/t14-/m0/s1. The number of fused-ring (bicyclic) bond motifs is 1. The maximum Gasteiger partial charge on any atom is 0.242 e. The molecule has 0 aromatic carbocycles. The highest BCUT2D eigenvalue weighted by Crippen LogP contribution is 2.28. The molecular formula is C17H24N6O2S. The van der Waals surface area contributed by atoms with E-state index in [0.717, 1.165) is 16.0 Å². The monoisotopic (exact) mass is 376 g/mol. The van der Waals surface area contributed by atoms with Gasteiger partial charge in [-0.05, 0) is 17.4 Å². The number of carbonyl (C=O) groups is 2. The van der Waals surface area contributed by atoms with Crippen LogP contribution in [0.4, 0.5) is 5.82 Å². The van der Waals surface area contributed by atoms with Gasteiger partial charge in [-0.2, -0.15) is 0 Å². The molecule has 1 saturated heterocycles. The molecule has 1 aliphatic heterocycles. The number of hydrogen-bond donors (Lipinski definition) is 2. The Hall–Kier alpha value is -2.26. The quantitative estimate of drug-likeness (QED) is 0.785. The lowest BCUT2D eigenvalue weighted by Gasteiger charge is -2.35. The van der Waals surface area contributed by atoms with E-state index in [1.165, 1.54) is 0 Å². The molecule has 0 spiro atoms. The van der Waals surface area contributed by atoms with Gasteiger partial charge in [-0.3, -0.25) is 9.59 Å². The molecule has 8 nitrogen and oxygen atoms in total. The van der Waals surface area contributed by atoms with Gasteiger partial charge < -0.3 is 20.9 Å². The van der Waals surface area contributed by atoms with E-state index < -0.39 is 6.04 Å². The van der Waals surface area contributed by atoms with Crippen molar-refractivity contribution >= 4 is 39.2 Å². The molecule has 2 aromatic heterocycles. The number of amides is 2. The van der Waals surface area contributed by atoms with Crippen LogP contribution in [0.15, 0.2) is 17.8 Å². The summed E-state index contributed by atoms with van der Waals surface area (Å²) in [5.74, 6) is 0.592. The van der Waals surface area contributed by atoms with Crippen molar-refractivity contribution in [1.29, 1.82) is 0 Å². The fraction of sp³-hybridized carbons (Fsp3) is 0.529. The number of nitrogens with one attached hydrogen (secondary N) is 1. The third-order valence-corrected chi connectivity index (χ3v) is 5.49. The third-order valence-electron chi connectivity index (χ3n) is 4.59. The average Bonchev–Trinajstić information content (AvgIpc) is 3.14. The Balaban J connectivity index is 1.53. The molecule has 0 unspecified atom stereocenters. The number of rotatable bonds is 5. The molecule has 9 heteroatoms. The first-order valence-corrected chi connectivity index (χ1v) is 9.59. The second-order valence-corrected chi connectivity index (χ2v) is 7.60. The van der Waals surface area contributed by atoms with Crippen LogP contribution in [0.5, 0.6) is 0 Å². The Morgan fingerprint density at radius 3 is 2.69 bits per heavy atom. The van der Waals surface area contributed by atoms with Crippen LogP contribution in [0.3, 0.4) is 0 Å². The van der Waals surface area contributed by atoms with Gasteiger partial charge in [0.25, 0.3) is 0 Å². The van der Waals surface area contributed by atoms with Crippen molar-refractivity contribution in [3.05, 3.63) is 17.8 Å². The van der Waals surface area contributed by atoms with E-state index in [0.29, 0.717) is 26.2 Å². The van der Waals surface area contributed by atoms with E-state index in [-0.39, 0.29) is 24.3 Å². The molecule has 1 atom stereocenters. The zero-order valence-corrected chi connectivity index (χ0v) is 15.8. The zero-order chi connectivity index (χ0) is 18.7. The fourth-order valence-corrected chi connectivity index (χ4v) is 3.73. The van der Waals surface area contributed by atoms with Crippen molar-refractivity contribution in [1.82, 2.24) is 20.2 Å². The highest BCUT2D eigenvalue weighted by atomic mass is 32.1. The lowest BCUT2D eigenvalue weighted by atomic mass is 10.1. The number of hydrogen-bond acceptors (Lipinski definition) is 7. The summed E-state index contributed by atoms with van der Waals surface area (Å²) < 4.78 is 1.07. The number of thiophene rings is 1. The van der Waals surface area contributed by atoms with Crippen LogP contribution < -0.4 is 16.0 Å². The highest BCUT2D eigenvalue weighted by molar-refractivity contribution is 7.17. The molecule has 2 amide bonds. The van der Waals surface area contributed by atoms with Crippen molar-refractivity contribution in [2.75, 3.05) is 37.6 Å². The van der Waals surface area contributed by atoms with Crippen molar-refractivity contribution in [3.63, 3.8) is 0 Å². The largest absolute Gasteiger partial charge is 0.352 e. The average molecular weight is 376 g/mol. The maximum absolute atomic E-state index is 12.3. The van der Waals surface area contributed by atoms with Gasteiger partial charge in [0.1, 0.15) is 12.1 Å². The minimum Gasteiger partial charge on any atom is -0.352 e. The van der Waals surface area contributed by atoms with Gasteiger partial charge in [0.05, 0.1) is 22.8 Å². The number of aromatic nitrogens is 2. The molecule has 1 fully saturated rings. The van der Waals surface area contributed by atoms with Crippen LogP contribution in [0.25, 0.3) is 10.2 Å². The van der Waals surface area contributed by atoms with Gasteiger partial charge in [-0.1, -0.05) is 13.8 Å². The number of piperazine rings is 1. The Morgan fingerprint density at radius 1 is 1.27 bits per heavy atom.